The summed E-state index contributed by atoms with van der Waals surface area (Å²) in [6, 6.07) is 0. The van der Waals surface area contributed by atoms with Crippen molar-refractivity contribution in [3.63, 3.8) is 0 Å². The summed E-state index contributed by atoms with van der Waals surface area (Å²) < 4.78 is 5.27. The molecule has 17 heavy (non-hydrogen) atoms. The van der Waals surface area contributed by atoms with Crippen LogP contribution in [0.3, 0.4) is 0 Å². The number of esters is 1. The van der Waals surface area contributed by atoms with E-state index in [-0.39, 0.29) is 5.92 Å². The van der Waals surface area contributed by atoms with Gasteiger partial charge < -0.3 is 9.84 Å². The largest absolute Gasteiger partial charge is 0.481 e. The third kappa shape index (κ3) is 6.29. The molecular weight excluding hydrogens is 220 g/mol. The Labute approximate surface area is 103 Å². The molecule has 0 radical (unpaired) electrons. The van der Waals surface area contributed by atoms with Crippen LogP contribution in [0, 0.1) is 17.8 Å². The molecule has 0 aliphatic rings. The van der Waals surface area contributed by atoms with E-state index < -0.39 is 29.4 Å². The Morgan fingerprint density at radius 3 is 1.94 bits per heavy atom. The molecule has 0 saturated carbocycles. The lowest BCUT2D eigenvalue weighted by molar-refractivity contribution is -0.166. The number of hydrogen-bond donors (Lipinski definition) is 1. The second-order valence-electron chi connectivity index (χ2n) is 5.90. The van der Waals surface area contributed by atoms with E-state index in [4.69, 9.17) is 9.84 Å². The molecule has 0 aliphatic carbocycles. The topological polar surface area (TPSA) is 63.6 Å². The standard InChI is InChI=1S/C13H24O4/c1-8(2)7-10(9(3)11(14)15)12(16)17-13(4,5)6/h8-10H,7H2,1-6H3,(H,14,15)/t9-,10+/m0/s1. The van der Waals surface area contributed by atoms with Crippen LogP contribution in [0.4, 0.5) is 0 Å². The Bertz CT molecular complexity index is 276. The Balaban J connectivity index is 4.80. The van der Waals surface area contributed by atoms with E-state index in [1.54, 1.807) is 27.7 Å². The minimum Gasteiger partial charge on any atom is -0.481 e. The number of aliphatic carboxylic acids is 1. The van der Waals surface area contributed by atoms with E-state index in [0.29, 0.717) is 6.42 Å². The van der Waals surface area contributed by atoms with Crippen LogP contribution < -0.4 is 0 Å². The van der Waals surface area contributed by atoms with Crippen LogP contribution in [0.5, 0.6) is 0 Å². The molecule has 0 saturated heterocycles. The molecule has 100 valence electrons. The maximum atomic E-state index is 12.0. The monoisotopic (exact) mass is 244 g/mol. The van der Waals surface area contributed by atoms with E-state index >= 15 is 0 Å². The van der Waals surface area contributed by atoms with Crippen LogP contribution in [0.15, 0.2) is 0 Å². The van der Waals surface area contributed by atoms with Crippen molar-refractivity contribution in [2.75, 3.05) is 0 Å². The minimum absolute atomic E-state index is 0.259. The van der Waals surface area contributed by atoms with Gasteiger partial charge in [0.2, 0.25) is 0 Å². The molecule has 0 amide bonds. The summed E-state index contributed by atoms with van der Waals surface area (Å²) >= 11 is 0. The third-order valence-corrected chi connectivity index (χ3v) is 2.43. The molecule has 0 aliphatic heterocycles. The summed E-state index contributed by atoms with van der Waals surface area (Å²) in [6.07, 6.45) is 0.530. The maximum Gasteiger partial charge on any atom is 0.310 e. The van der Waals surface area contributed by atoms with E-state index in [0.717, 1.165) is 0 Å². The second-order valence-corrected chi connectivity index (χ2v) is 5.90. The summed E-state index contributed by atoms with van der Waals surface area (Å²) in [4.78, 5) is 22.9. The third-order valence-electron chi connectivity index (χ3n) is 2.43. The number of carbonyl (C=O) groups excluding carboxylic acids is 1. The van der Waals surface area contributed by atoms with Gasteiger partial charge in [0.15, 0.2) is 0 Å². The molecule has 0 spiro atoms. The molecular formula is C13H24O4. The molecule has 2 atom stereocenters. The van der Waals surface area contributed by atoms with Gasteiger partial charge in [-0.2, -0.15) is 0 Å². The lowest BCUT2D eigenvalue weighted by atomic mass is 9.86. The fourth-order valence-corrected chi connectivity index (χ4v) is 1.56. The molecule has 1 N–H and O–H groups in total. The van der Waals surface area contributed by atoms with Gasteiger partial charge in [-0.05, 0) is 33.1 Å². The first-order valence-corrected chi connectivity index (χ1v) is 6.00. The molecule has 0 unspecified atom stereocenters. The van der Waals surface area contributed by atoms with Crippen molar-refractivity contribution < 1.29 is 19.4 Å². The molecule has 4 heteroatoms. The van der Waals surface area contributed by atoms with Gasteiger partial charge in [-0.3, -0.25) is 9.59 Å². The number of carboxylic acid groups (broad SMARTS) is 1. The number of ether oxygens (including phenoxy) is 1. The molecule has 0 aromatic rings. The van der Waals surface area contributed by atoms with Gasteiger partial charge in [0.05, 0.1) is 11.8 Å². The Morgan fingerprint density at radius 1 is 1.18 bits per heavy atom. The number of carbonyl (C=O) groups is 2. The lowest BCUT2D eigenvalue weighted by Gasteiger charge is -2.26. The van der Waals surface area contributed by atoms with E-state index in [1.807, 2.05) is 13.8 Å². The molecule has 0 aromatic carbocycles. The number of hydrogen-bond acceptors (Lipinski definition) is 3. The summed E-state index contributed by atoms with van der Waals surface area (Å²) in [5, 5.41) is 9.00. The van der Waals surface area contributed by atoms with Gasteiger partial charge in [0.25, 0.3) is 0 Å². The zero-order valence-corrected chi connectivity index (χ0v) is 11.6. The zero-order valence-electron chi connectivity index (χ0n) is 11.6. The summed E-state index contributed by atoms with van der Waals surface area (Å²) in [6.45, 7) is 10.8. The fraction of sp³-hybridized carbons (Fsp3) is 0.846. The van der Waals surface area contributed by atoms with Crippen molar-refractivity contribution in [1.82, 2.24) is 0 Å². The predicted molar refractivity (Wildman–Crippen MR) is 65.6 cm³/mol. The van der Waals surface area contributed by atoms with Crippen molar-refractivity contribution in [2.24, 2.45) is 17.8 Å². The van der Waals surface area contributed by atoms with Gasteiger partial charge in [-0.1, -0.05) is 20.8 Å². The van der Waals surface area contributed by atoms with E-state index in [9.17, 15) is 9.59 Å². The quantitative estimate of drug-likeness (QED) is 0.755. The first-order chi connectivity index (χ1) is 7.54. The van der Waals surface area contributed by atoms with Crippen molar-refractivity contribution in [3.05, 3.63) is 0 Å². The van der Waals surface area contributed by atoms with Crippen molar-refractivity contribution in [3.8, 4) is 0 Å². The van der Waals surface area contributed by atoms with E-state index in [2.05, 4.69) is 0 Å². The van der Waals surface area contributed by atoms with Gasteiger partial charge >= 0.3 is 11.9 Å². The number of carboxylic acids is 1. The smallest absolute Gasteiger partial charge is 0.310 e. The molecule has 0 rings (SSSR count). The first kappa shape index (κ1) is 15.9. The van der Waals surface area contributed by atoms with Crippen LogP contribution in [0.2, 0.25) is 0 Å². The Hall–Kier alpha value is -1.06. The molecule has 0 heterocycles. The van der Waals surface area contributed by atoms with Crippen LogP contribution in [0.1, 0.15) is 48.0 Å². The van der Waals surface area contributed by atoms with Crippen LogP contribution in [0.25, 0.3) is 0 Å². The first-order valence-electron chi connectivity index (χ1n) is 6.00. The molecule has 4 nitrogen and oxygen atoms in total. The van der Waals surface area contributed by atoms with Crippen molar-refractivity contribution >= 4 is 11.9 Å². The highest BCUT2D eigenvalue weighted by molar-refractivity contribution is 5.81. The summed E-state index contributed by atoms with van der Waals surface area (Å²) in [5.74, 6) is -2.41. The van der Waals surface area contributed by atoms with Gasteiger partial charge in [-0.25, -0.2) is 0 Å². The maximum absolute atomic E-state index is 12.0. The van der Waals surface area contributed by atoms with Gasteiger partial charge in [0, 0.05) is 0 Å². The normalized spacial score (nSPS) is 15.5. The summed E-state index contributed by atoms with van der Waals surface area (Å²) in [5.41, 5.74) is -0.579. The average Bonchev–Trinajstić information content (AvgIpc) is 2.09. The predicted octanol–water partition coefficient (Wildman–Crippen LogP) is 2.71. The van der Waals surface area contributed by atoms with Crippen LogP contribution >= 0.6 is 0 Å². The van der Waals surface area contributed by atoms with E-state index in [1.165, 1.54) is 0 Å². The number of rotatable bonds is 5. The lowest BCUT2D eigenvalue weighted by Crippen LogP contribution is -2.35. The molecule has 0 bridgehead atoms. The summed E-state index contributed by atoms with van der Waals surface area (Å²) in [7, 11) is 0. The van der Waals surface area contributed by atoms with Crippen molar-refractivity contribution in [1.29, 1.82) is 0 Å². The van der Waals surface area contributed by atoms with Crippen LogP contribution in [-0.4, -0.2) is 22.6 Å². The minimum atomic E-state index is -0.957. The highest BCUT2D eigenvalue weighted by atomic mass is 16.6. The second kappa shape index (κ2) is 6.03. The molecule has 0 fully saturated rings. The SMILES string of the molecule is CC(C)C[C@@H](C(=O)OC(C)(C)C)[C@H](C)C(=O)O. The van der Waals surface area contributed by atoms with Crippen LogP contribution in [-0.2, 0) is 14.3 Å². The highest BCUT2D eigenvalue weighted by Crippen LogP contribution is 2.24. The molecule has 0 aromatic heterocycles. The average molecular weight is 244 g/mol. The van der Waals surface area contributed by atoms with Gasteiger partial charge in [-0.15, -0.1) is 0 Å². The fourth-order valence-electron chi connectivity index (χ4n) is 1.56. The zero-order chi connectivity index (χ0) is 13.8. The van der Waals surface area contributed by atoms with Gasteiger partial charge in [0.1, 0.15) is 5.60 Å². The highest BCUT2D eigenvalue weighted by Gasteiger charge is 2.33. The Kier molecular flexibility index (Phi) is 5.66. The Morgan fingerprint density at radius 2 is 1.65 bits per heavy atom. The van der Waals surface area contributed by atoms with Crippen molar-refractivity contribution in [2.45, 2.75) is 53.6 Å².